The van der Waals surface area contributed by atoms with Gasteiger partial charge in [0.2, 0.25) is 0 Å². The molecular weight excluding hydrogens is 258 g/mol. The molecule has 0 amide bonds. The molecule has 0 bridgehead atoms. The third-order valence-corrected chi connectivity index (χ3v) is 2.98. The summed E-state index contributed by atoms with van der Waals surface area (Å²) in [5.41, 5.74) is 0. The maximum atomic E-state index is 13.0. The second-order valence-corrected chi connectivity index (χ2v) is 5.22. The van der Waals surface area contributed by atoms with Crippen LogP contribution >= 0.6 is 22.3 Å². The van der Waals surface area contributed by atoms with E-state index in [9.17, 15) is 12.8 Å². The van der Waals surface area contributed by atoms with Crippen LogP contribution in [-0.4, -0.2) is 18.6 Å². The summed E-state index contributed by atoms with van der Waals surface area (Å²) in [6, 6.07) is 0.664. The van der Waals surface area contributed by atoms with Crippen LogP contribution in [0.4, 0.5) is 4.39 Å². The van der Waals surface area contributed by atoms with E-state index in [-0.39, 0.29) is 0 Å². The molecule has 0 radical (unpaired) electrons. The number of halogens is 3. The zero-order valence-electron chi connectivity index (χ0n) is 6.33. The van der Waals surface area contributed by atoms with Gasteiger partial charge in [-0.25, -0.2) is 12.8 Å². The van der Waals surface area contributed by atoms with Crippen molar-refractivity contribution in [3.63, 3.8) is 0 Å². The molecule has 0 spiro atoms. The summed E-state index contributed by atoms with van der Waals surface area (Å²) < 4.78 is 34.6. The summed E-state index contributed by atoms with van der Waals surface area (Å²) in [6.45, 7) is 0. The molecule has 0 unspecified atom stereocenters. The van der Waals surface area contributed by atoms with Gasteiger partial charge in [-0.05, 0) is 0 Å². The van der Waals surface area contributed by atoms with Crippen LogP contribution in [0.3, 0.4) is 0 Å². The molecule has 1 rings (SSSR count). The van der Waals surface area contributed by atoms with E-state index < -0.39 is 36.3 Å². The Hall–Kier alpha value is -0.720. The van der Waals surface area contributed by atoms with Gasteiger partial charge < -0.3 is 10.2 Å². The predicted molar refractivity (Wildman–Crippen MR) is 47.8 cm³/mol. The SMILES string of the molecule is O=S(=O)(Cl)c1c(O)c(Cl)cc(O)c1F. The molecule has 0 heterocycles. The van der Waals surface area contributed by atoms with Crippen molar-refractivity contribution in [2.45, 2.75) is 4.90 Å². The molecule has 14 heavy (non-hydrogen) atoms. The fourth-order valence-electron chi connectivity index (χ4n) is 0.803. The number of rotatable bonds is 1. The lowest BCUT2D eigenvalue weighted by molar-refractivity contribution is 0.402. The molecular formula is C6H3Cl2FO4S. The van der Waals surface area contributed by atoms with Gasteiger partial charge in [-0.15, -0.1) is 0 Å². The molecule has 0 atom stereocenters. The fourth-order valence-corrected chi connectivity index (χ4v) is 2.14. The smallest absolute Gasteiger partial charge is 0.268 e. The number of phenolic OH excluding ortho intramolecular Hbond substituents is 2. The zero-order chi connectivity index (χ0) is 11.1. The Kier molecular flexibility index (Phi) is 2.80. The van der Waals surface area contributed by atoms with Gasteiger partial charge >= 0.3 is 0 Å². The van der Waals surface area contributed by atoms with Crippen molar-refractivity contribution in [1.29, 1.82) is 0 Å². The largest absolute Gasteiger partial charge is 0.505 e. The zero-order valence-corrected chi connectivity index (χ0v) is 8.66. The number of hydrogen-bond acceptors (Lipinski definition) is 4. The summed E-state index contributed by atoms with van der Waals surface area (Å²) in [7, 11) is 0.309. The van der Waals surface area contributed by atoms with Crippen LogP contribution in [0.25, 0.3) is 0 Å². The van der Waals surface area contributed by atoms with Gasteiger partial charge in [-0.1, -0.05) is 11.6 Å². The molecule has 1 aromatic carbocycles. The molecule has 8 heteroatoms. The van der Waals surface area contributed by atoms with Crippen LogP contribution in [0, 0.1) is 5.82 Å². The van der Waals surface area contributed by atoms with Crippen molar-refractivity contribution in [3.05, 3.63) is 16.9 Å². The summed E-state index contributed by atoms with van der Waals surface area (Å²) in [4.78, 5) is -1.23. The van der Waals surface area contributed by atoms with Gasteiger partial charge in [0.25, 0.3) is 9.05 Å². The predicted octanol–water partition coefficient (Wildman–Crippen LogP) is 1.82. The van der Waals surface area contributed by atoms with Gasteiger partial charge in [0, 0.05) is 16.7 Å². The molecule has 0 saturated heterocycles. The standard InChI is InChI=1S/C6H3Cl2FO4S/c7-2-1-3(10)4(9)6(5(2)11)14(8,12)13/h1,10-11H. The summed E-state index contributed by atoms with van der Waals surface area (Å²) in [6.07, 6.45) is 0. The van der Waals surface area contributed by atoms with Crippen LogP contribution in [0.2, 0.25) is 5.02 Å². The first-order valence-electron chi connectivity index (χ1n) is 3.09. The lowest BCUT2D eigenvalue weighted by Crippen LogP contribution is -1.97. The van der Waals surface area contributed by atoms with Crippen molar-refractivity contribution in [3.8, 4) is 11.5 Å². The average molecular weight is 261 g/mol. The molecule has 0 aliphatic rings. The number of aromatic hydroxyl groups is 2. The highest BCUT2D eigenvalue weighted by Gasteiger charge is 2.26. The first-order valence-corrected chi connectivity index (χ1v) is 5.78. The molecule has 78 valence electrons. The Labute approximate surface area is 87.9 Å². The van der Waals surface area contributed by atoms with E-state index in [1.165, 1.54) is 0 Å². The Balaban J connectivity index is 3.74. The van der Waals surface area contributed by atoms with Gasteiger partial charge in [-0.3, -0.25) is 0 Å². The highest BCUT2D eigenvalue weighted by atomic mass is 35.7. The second kappa shape index (κ2) is 3.45. The van der Waals surface area contributed by atoms with E-state index in [1.54, 1.807) is 0 Å². The van der Waals surface area contributed by atoms with E-state index in [2.05, 4.69) is 0 Å². The van der Waals surface area contributed by atoms with Crippen LogP contribution < -0.4 is 0 Å². The van der Waals surface area contributed by atoms with Crippen molar-refractivity contribution >= 4 is 31.3 Å². The molecule has 0 fully saturated rings. The normalized spacial score (nSPS) is 11.6. The van der Waals surface area contributed by atoms with E-state index in [1.807, 2.05) is 0 Å². The molecule has 0 aliphatic carbocycles. The Bertz CT molecular complexity index is 459. The van der Waals surface area contributed by atoms with Gasteiger partial charge in [0.05, 0.1) is 5.02 Å². The highest BCUT2D eigenvalue weighted by molar-refractivity contribution is 8.13. The van der Waals surface area contributed by atoms with Crippen molar-refractivity contribution < 1.29 is 23.0 Å². The van der Waals surface area contributed by atoms with Crippen molar-refractivity contribution in [2.24, 2.45) is 0 Å². The quantitative estimate of drug-likeness (QED) is 0.597. The van der Waals surface area contributed by atoms with Crippen molar-refractivity contribution in [2.75, 3.05) is 0 Å². The van der Waals surface area contributed by atoms with Crippen LogP contribution in [0.5, 0.6) is 11.5 Å². The average Bonchev–Trinajstić information content (AvgIpc) is 1.98. The lowest BCUT2D eigenvalue weighted by atomic mass is 10.3. The first-order chi connectivity index (χ1) is 6.25. The minimum absolute atomic E-state index is 0.511. The topological polar surface area (TPSA) is 74.6 Å². The van der Waals surface area contributed by atoms with Gasteiger partial charge in [0.1, 0.15) is 0 Å². The number of hydrogen-bond donors (Lipinski definition) is 2. The molecule has 2 N–H and O–H groups in total. The molecule has 0 aromatic heterocycles. The molecule has 0 saturated carbocycles. The Morgan fingerprint density at radius 3 is 2.29 bits per heavy atom. The summed E-state index contributed by atoms with van der Waals surface area (Å²) in [5.74, 6) is -3.58. The second-order valence-electron chi connectivity index (χ2n) is 2.31. The number of benzene rings is 1. The molecule has 0 aliphatic heterocycles. The minimum atomic E-state index is -4.51. The number of phenols is 2. The highest BCUT2D eigenvalue weighted by Crippen LogP contribution is 2.39. The lowest BCUT2D eigenvalue weighted by Gasteiger charge is -2.05. The maximum Gasteiger partial charge on any atom is 0.268 e. The van der Waals surface area contributed by atoms with Crippen LogP contribution in [0.1, 0.15) is 0 Å². The summed E-state index contributed by atoms with van der Waals surface area (Å²) >= 11 is 5.30. The van der Waals surface area contributed by atoms with E-state index in [4.69, 9.17) is 32.5 Å². The van der Waals surface area contributed by atoms with Gasteiger partial charge in [-0.2, -0.15) is 0 Å². The third kappa shape index (κ3) is 1.87. The van der Waals surface area contributed by atoms with E-state index in [0.717, 1.165) is 0 Å². The molecule has 1 aromatic rings. The maximum absolute atomic E-state index is 13.0. The van der Waals surface area contributed by atoms with E-state index >= 15 is 0 Å². The monoisotopic (exact) mass is 260 g/mol. The van der Waals surface area contributed by atoms with Crippen molar-refractivity contribution in [1.82, 2.24) is 0 Å². The Morgan fingerprint density at radius 2 is 1.86 bits per heavy atom. The van der Waals surface area contributed by atoms with Crippen LogP contribution in [0.15, 0.2) is 11.0 Å². The minimum Gasteiger partial charge on any atom is -0.505 e. The van der Waals surface area contributed by atoms with Crippen LogP contribution in [-0.2, 0) is 9.05 Å². The van der Waals surface area contributed by atoms with Gasteiger partial charge in [0.15, 0.2) is 22.2 Å². The first kappa shape index (κ1) is 11.4. The van der Waals surface area contributed by atoms with E-state index in [0.29, 0.717) is 6.07 Å². The fraction of sp³-hybridized carbons (Fsp3) is 0. The Morgan fingerprint density at radius 1 is 1.36 bits per heavy atom. The molecule has 4 nitrogen and oxygen atoms in total. The summed E-state index contributed by atoms with van der Waals surface area (Å²) in [5, 5.41) is 17.5. The third-order valence-electron chi connectivity index (χ3n) is 1.37.